The fourth-order valence-corrected chi connectivity index (χ4v) is 1.38. The zero-order chi connectivity index (χ0) is 11.4. The van der Waals surface area contributed by atoms with Crippen LogP contribution < -0.4 is 0 Å². The molecule has 2 rings (SSSR count). The second kappa shape index (κ2) is 4.65. The highest BCUT2D eigenvalue weighted by Gasteiger charge is 2.05. The normalized spacial score (nSPS) is 10.3. The SMILES string of the molecule is O=C(Cc1ccc(F)cc1)Cn1cncn1. The van der Waals surface area contributed by atoms with E-state index in [1.54, 1.807) is 12.1 Å². The maximum absolute atomic E-state index is 12.6. The second-order valence-electron chi connectivity index (χ2n) is 3.43. The standard InChI is InChI=1S/C11H10FN3O/c12-10-3-1-9(2-4-10)5-11(16)6-15-8-13-7-14-15/h1-4,7-8H,5-6H2. The molecular weight excluding hydrogens is 209 g/mol. The summed E-state index contributed by atoms with van der Waals surface area (Å²) in [6, 6.07) is 5.90. The first-order valence-corrected chi connectivity index (χ1v) is 4.82. The van der Waals surface area contributed by atoms with Crippen molar-refractivity contribution >= 4 is 5.78 Å². The number of aromatic nitrogens is 3. The number of rotatable bonds is 4. The Kier molecular flexibility index (Phi) is 3.05. The number of halogens is 1. The van der Waals surface area contributed by atoms with Crippen LogP contribution in [0, 0.1) is 5.82 Å². The van der Waals surface area contributed by atoms with Crippen molar-refractivity contribution in [2.75, 3.05) is 0 Å². The van der Waals surface area contributed by atoms with Gasteiger partial charge in [0, 0.05) is 6.42 Å². The summed E-state index contributed by atoms with van der Waals surface area (Å²) in [6.45, 7) is 0.192. The predicted octanol–water partition coefficient (Wildman–Crippen LogP) is 1.23. The van der Waals surface area contributed by atoms with Gasteiger partial charge in [-0.05, 0) is 17.7 Å². The van der Waals surface area contributed by atoms with Crippen LogP contribution in [-0.4, -0.2) is 20.5 Å². The van der Waals surface area contributed by atoms with Crippen molar-refractivity contribution in [2.24, 2.45) is 0 Å². The third kappa shape index (κ3) is 2.73. The van der Waals surface area contributed by atoms with Gasteiger partial charge in [0.1, 0.15) is 25.0 Å². The van der Waals surface area contributed by atoms with Gasteiger partial charge in [0.25, 0.3) is 0 Å². The van der Waals surface area contributed by atoms with Crippen LogP contribution in [0.1, 0.15) is 5.56 Å². The van der Waals surface area contributed by atoms with Crippen LogP contribution >= 0.6 is 0 Å². The molecule has 0 unspecified atom stereocenters. The molecule has 0 aliphatic rings. The average molecular weight is 219 g/mol. The number of benzene rings is 1. The molecule has 1 aromatic carbocycles. The highest BCUT2D eigenvalue weighted by molar-refractivity contribution is 5.80. The molecule has 0 aliphatic carbocycles. The smallest absolute Gasteiger partial charge is 0.158 e. The summed E-state index contributed by atoms with van der Waals surface area (Å²) < 4.78 is 14.1. The maximum Gasteiger partial charge on any atom is 0.158 e. The Morgan fingerprint density at radius 2 is 2.06 bits per heavy atom. The van der Waals surface area contributed by atoms with E-state index < -0.39 is 0 Å². The quantitative estimate of drug-likeness (QED) is 0.777. The van der Waals surface area contributed by atoms with E-state index in [1.165, 1.54) is 29.5 Å². The number of nitrogens with zero attached hydrogens (tertiary/aromatic N) is 3. The van der Waals surface area contributed by atoms with Crippen LogP contribution in [-0.2, 0) is 17.8 Å². The Morgan fingerprint density at radius 3 is 2.69 bits per heavy atom. The lowest BCUT2D eigenvalue weighted by atomic mass is 10.1. The molecule has 0 aliphatic heterocycles. The first-order valence-electron chi connectivity index (χ1n) is 4.82. The molecular formula is C11H10FN3O. The lowest BCUT2D eigenvalue weighted by Crippen LogP contribution is -2.12. The van der Waals surface area contributed by atoms with Gasteiger partial charge in [-0.15, -0.1) is 0 Å². The molecule has 82 valence electrons. The predicted molar refractivity (Wildman–Crippen MR) is 55.1 cm³/mol. The summed E-state index contributed by atoms with van der Waals surface area (Å²) in [6.07, 6.45) is 3.15. The molecule has 0 fully saturated rings. The molecule has 0 radical (unpaired) electrons. The van der Waals surface area contributed by atoms with Crippen molar-refractivity contribution in [2.45, 2.75) is 13.0 Å². The van der Waals surface area contributed by atoms with Crippen molar-refractivity contribution < 1.29 is 9.18 Å². The molecule has 0 spiro atoms. The Hall–Kier alpha value is -2.04. The van der Waals surface area contributed by atoms with Crippen molar-refractivity contribution in [3.05, 3.63) is 48.3 Å². The van der Waals surface area contributed by atoms with Crippen molar-refractivity contribution in [1.29, 1.82) is 0 Å². The Bertz CT molecular complexity index is 464. The summed E-state index contributed by atoms with van der Waals surface area (Å²) in [5.41, 5.74) is 0.798. The molecule has 0 bridgehead atoms. The van der Waals surface area contributed by atoms with Crippen LogP contribution in [0.15, 0.2) is 36.9 Å². The van der Waals surface area contributed by atoms with E-state index in [2.05, 4.69) is 10.1 Å². The third-order valence-corrected chi connectivity index (χ3v) is 2.12. The molecule has 5 heteroatoms. The molecule has 2 aromatic rings. The average Bonchev–Trinajstić information content (AvgIpc) is 2.74. The van der Waals surface area contributed by atoms with Gasteiger partial charge in [0.05, 0.1) is 0 Å². The fraction of sp³-hybridized carbons (Fsp3) is 0.182. The number of hydrogen-bond acceptors (Lipinski definition) is 3. The first-order chi connectivity index (χ1) is 7.74. The topological polar surface area (TPSA) is 47.8 Å². The van der Waals surface area contributed by atoms with E-state index in [4.69, 9.17) is 0 Å². The molecule has 0 saturated carbocycles. The van der Waals surface area contributed by atoms with Gasteiger partial charge in [-0.3, -0.25) is 4.79 Å². The van der Waals surface area contributed by atoms with E-state index in [0.29, 0.717) is 0 Å². The third-order valence-electron chi connectivity index (χ3n) is 2.12. The van der Waals surface area contributed by atoms with Crippen LogP contribution in [0.4, 0.5) is 4.39 Å². The number of carbonyl (C=O) groups is 1. The zero-order valence-electron chi connectivity index (χ0n) is 8.51. The minimum absolute atomic E-state index is 0.0112. The minimum atomic E-state index is -0.299. The number of hydrogen-bond donors (Lipinski definition) is 0. The molecule has 1 heterocycles. The molecule has 16 heavy (non-hydrogen) atoms. The monoisotopic (exact) mass is 219 g/mol. The van der Waals surface area contributed by atoms with E-state index in [1.807, 2.05) is 0 Å². The highest BCUT2D eigenvalue weighted by Crippen LogP contribution is 2.04. The number of carbonyl (C=O) groups excluding carboxylic acids is 1. The van der Waals surface area contributed by atoms with E-state index in [0.717, 1.165) is 5.56 Å². The van der Waals surface area contributed by atoms with Crippen LogP contribution in [0.3, 0.4) is 0 Å². The van der Waals surface area contributed by atoms with Gasteiger partial charge in [-0.2, -0.15) is 5.10 Å². The maximum atomic E-state index is 12.6. The molecule has 0 N–H and O–H groups in total. The summed E-state index contributed by atoms with van der Waals surface area (Å²) in [7, 11) is 0. The van der Waals surface area contributed by atoms with Crippen LogP contribution in [0.2, 0.25) is 0 Å². The van der Waals surface area contributed by atoms with Crippen molar-refractivity contribution in [1.82, 2.24) is 14.8 Å². The summed E-state index contributed by atoms with van der Waals surface area (Å²) >= 11 is 0. The second-order valence-corrected chi connectivity index (χ2v) is 3.43. The van der Waals surface area contributed by atoms with Crippen molar-refractivity contribution in [3.63, 3.8) is 0 Å². The van der Waals surface area contributed by atoms with Gasteiger partial charge in [-0.1, -0.05) is 12.1 Å². The Balaban J connectivity index is 1.95. The first kappa shape index (κ1) is 10.5. The van der Waals surface area contributed by atoms with E-state index in [9.17, 15) is 9.18 Å². The molecule has 0 amide bonds. The minimum Gasteiger partial charge on any atom is -0.297 e. The number of Topliss-reactive ketones (excluding diaryl/α,β-unsaturated/α-hetero) is 1. The van der Waals surface area contributed by atoms with Gasteiger partial charge in [0.2, 0.25) is 0 Å². The van der Waals surface area contributed by atoms with E-state index >= 15 is 0 Å². The summed E-state index contributed by atoms with van der Waals surface area (Å²) in [4.78, 5) is 15.3. The highest BCUT2D eigenvalue weighted by atomic mass is 19.1. The summed E-state index contributed by atoms with van der Waals surface area (Å²) in [5.74, 6) is -0.287. The zero-order valence-corrected chi connectivity index (χ0v) is 8.51. The molecule has 1 aromatic heterocycles. The Morgan fingerprint density at radius 1 is 1.31 bits per heavy atom. The van der Waals surface area contributed by atoms with Gasteiger partial charge >= 0.3 is 0 Å². The van der Waals surface area contributed by atoms with Gasteiger partial charge < -0.3 is 0 Å². The largest absolute Gasteiger partial charge is 0.297 e. The lowest BCUT2D eigenvalue weighted by Gasteiger charge is -2.01. The van der Waals surface area contributed by atoms with Crippen molar-refractivity contribution in [3.8, 4) is 0 Å². The summed E-state index contributed by atoms with van der Waals surface area (Å²) in [5, 5.41) is 3.84. The molecule has 0 saturated heterocycles. The van der Waals surface area contributed by atoms with Gasteiger partial charge in [-0.25, -0.2) is 14.1 Å². The van der Waals surface area contributed by atoms with Crippen LogP contribution in [0.25, 0.3) is 0 Å². The number of ketones is 1. The molecule has 4 nitrogen and oxygen atoms in total. The van der Waals surface area contributed by atoms with Gasteiger partial charge in [0.15, 0.2) is 5.78 Å². The van der Waals surface area contributed by atoms with E-state index in [-0.39, 0.29) is 24.6 Å². The van der Waals surface area contributed by atoms with Crippen LogP contribution in [0.5, 0.6) is 0 Å². The fourth-order valence-electron chi connectivity index (χ4n) is 1.38. The molecule has 0 atom stereocenters. The lowest BCUT2D eigenvalue weighted by molar-refractivity contribution is -0.119. The Labute approximate surface area is 91.7 Å².